The molecule has 0 aliphatic carbocycles. The Kier molecular flexibility index (Phi) is 4.52. The van der Waals surface area contributed by atoms with Gasteiger partial charge in [-0.15, -0.1) is 0 Å². The molecule has 0 saturated carbocycles. The summed E-state index contributed by atoms with van der Waals surface area (Å²) in [7, 11) is 0. The van der Waals surface area contributed by atoms with Gasteiger partial charge < -0.3 is 5.32 Å². The van der Waals surface area contributed by atoms with Gasteiger partial charge in [0.1, 0.15) is 12.3 Å². The summed E-state index contributed by atoms with van der Waals surface area (Å²) in [6.45, 7) is 4.38. The number of hydrogen-bond donors (Lipinski definition) is 2. The monoisotopic (exact) mass is 232 g/mol. The number of rotatable bonds is 3. The van der Waals surface area contributed by atoms with Crippen molar-refractivity contribution in [1.82, 2.24) is 10.2 Å². The first-order valence-corrected chi connectivity index (χ1v) is 6.17. The molecule has 4 nitrogen and oxygen atoms in total. The molecule has 5 heteroatoms. The molecular weight excluding hydrogens is 211 g/mol. The van der Waals surface area contributed by atoms with Crippen LogP contribution in [-0.4, -0.2) is 55.2 Å². The van der Waals surface area contributed by atoms with Gasteiger partial charge in [0, 0.05) is 19.6 Å². The maximum atomic E-state index is 13.5. The average molecular weight is 232 g/mol. The minimum Gasteiger partial charge on any atom is -0.317 e. The Morgan fingerprint density at radius 3 is 2.69 bits per heavy atom. The van der Waals surface area contributed by atoms with E-state index in [0.29, 0.717) is 18.9 Å². The fourth-order valence-electron chi connectivity index (χ4n) is 2.66. The zero-order valence-electron chi connectivity index (χ0n) is 9.57. The smallest absolute Gasteiger partial charge is 0.142 e. The van der Waals surface area contributed by atoms with Gasteiger partial charge in [-0.05, 0) is 38.3 Å². The van der Waals surface area contributed by atoms with Crippen LogP contribution in [0.4, 0.5) is 4.39 Å². The van der Waals surface area contributed by atoms with Crippen LogP contribution in [0.15, 0.2) is 0 Å². The number of hydrogen-bond acceptors (Lipinski definition) is 4. The largest absolute Gasteiger partial charge is 0.317 e. The van der Waals surface area contributed by atoms with Gasteiger partial charge in [0.15, 0.2) is 0 Å². The second-order valence-corrected chi connectivity index (χ2v) is 4.90. The van der Waals surface area contributed by atoms with Gasteiger partial charge in [-0.3, -0.25) is 10.2 Å². The first-order chi connectivity index (χ1) is 7.79. The summed E-state index contributed by atoms with van der Waals surface area (Å²) in [4.78, 5) is 6.29. The lowest BCUT2D eigenvalue weighted by atomic mass is 9.96. The minimum atomic E-state index is -1.06. The third kappa shape index (κ3) is 3.13. The Labute approximate surface area is 95.7 Å². The fourth-order valence-corrected chi connectivity index (χ4v) is 2.66. The predicted octanol–water partition coefficient (Wildman–Crippen LogP) is 0.888. The topological polar surface area (TPSA) is 44.7 Å². The van der Waals surface area contributed by atoms with E-state index >= 15 is 0 Å². The third-order valence-corrected chi connectivity index (χ3v) is 3.68. The van der Waals surface area contributed by atoms with Crippen LogP contribution in [0.2, 0.25) is 0 Å². The first kappa shape index (κ1) is 12.2. The number of alkyl halides is 1. The third-order valence-electron chi connectivity index (χ3n) is 3.68. The molecule has 2 aliphatic rings. The van der Waals surface area contributed by atoms with Crippen LogP contribution in [0.5, 0.6) is 0 Å². The molecule has 2 N–H and O–H groups in total. The molecule has 0 aromatic rings. The van der Waals surface area contributed by atoms with Gasteiger partial charge in [-0.25, -0.2) is 9.28 Å². The highest BCUT2D eigenvalue weighted by atomic mass is 19.1. The average Bonchev–Trinajstić information content (AvgIpc) is 2.31. The molecule has 0 spiro atoms. The maximum absolute atomic E-state index is 13.5. The van der Waals surface area contributed by atoms with Gasteiger partial charge in [0.25, 0.3) is 0 Å². The summed E-state index contributed by atoms with van der Waals surface area (Å²) in [5, 5.41) is 11.8. The Hall–Kier alpha value is -0.230. The summed E-state index contributed by atoms with van der Waals surface area (Å²) in [6, 6.07) is 0. The lowest BCUT2D eigenvalue weighted by molar-refractivity contribution is -0.298. The Morgan fingerprint density at radius 2 is 2.06 bits per heavy atom. The fraction of sp³-hybridized carbons (Fsp3) is 1.00. The number of halogens is 1. The SMILES string of the molecule is OO[C@@H]1CCN(CC2CCNCC2)C[C@@H]1F. The second kappa shape index (κ2) is 5.91. The van der Waals surface area contributed by atoms with Crippen molar-refractivity contribution in [3.63, 3.8) is 0 Å². The summed E-state index contributed by atoms with van der Waals surface area (Å²) < 4.78 is 13.5. The molecule has 2 rings (SSSR count). The molecule has 2 heterocycles. The van der Waals surface area contributed by atoms with E-state index < -0.39 is 12.3 Å². The molecule has 2 atom stereocenters. The van der Waals surface area contributed by atoms with Crippen molar-refractivity contribution in [3.8, 4) is 0 Å². The highest BCUT2D eigenvalue weighted by Gasteiger charge is 2.31. The van der Waals surface area contributed by atoms with Crippen molar-refractivity contribution < 1.29 is 14.5 Å². The summed E-state index contributed by atoms with van der Waals surface area (Å²) in [5.41, 5.74) is 0. The lowest BCUT2D eigenvalue weighted by Gasteiger charge is -2.36. The van der Waals surface area contributed by atoms with Crippen LogP contribution in [0.3, 0.4) is 0 Å². The number of piperidine rings is 2. The predicted molar refractivity (Wildman–Crippen MR) is 59.0 cm³/mol. The zero-order valence-corrected chi connectivity index (χ0v) is 9.57. The van der Waals surface area contributed by atoms with Crippen molar-refractivity contribution in [3.05, 3.63) is 0 Å². The second-order valence-electron chi connectivity index (χ2n) is 4.90. The van der Waals surface area contributed by atoms with Crippen LogP contribution in [0.1, 0.15) is 19.3 Å². The Morgan fingerprint density at radius 1 is 1.31 bits per heavy atom. The van der Waals surface area contributed by atoms with Crippen LogP contribution < -0.4 is 5.32 Å². The maximum Gasteiger partial charge on any atom is 0.142 e. The molecule has 0 aromatic carbocycles. The summed E-state index contributed by atoms with van der Waals surface area (Å²) in [6.07, 6.45) is 1.29. The van der Waals surface area contributed by atoms with Crippen LogP contribution in [0, 0.1) is 5.92 Å². The van der Waals surface area contributed by atoms with E-state index in [1.54, 1.807) is 0 Å². The molecule has 94 valence electrons. The molecule has 2 aliphatic heterocycles. The number of likely N-dealkylation sites (tertiary alicyclic amines) is 1. The van der Waals surface area contributed by atoms with Crippen molar-refractivity contribution in [2.24, 2.45) is 5.92 Å². The van der Waals surface area contributed by atoms with Gasteiger partial charge in [0.05, 0.1) is 0 Å². The van der Waals surface area contributed by atoms with E-state index in [2.05, 4.69) is 15.1 Å². The van der Waals surface area contributed by atoms with E-state index in [1.807, 2.05) is 0 Å². The van der Waals surface area contributed by atoms with Crippen LogP contribution >= 0.6 is 0 Å². The van der Waals surface area contributed by atoms with Crippen molar-refractivity contribution in [1.29, 1.82) is 0 Å². The standard InChI is InChI=1S/C11H21FN2O2/c12-10-8-14(6-3-11(10)16-15)7-9-1-4-13-5-2-9/h9-11,13,15H,1-8H2/t10-,11+/m0/s1. The van der Waals surface area contributed by atoms with E-state index in [4.69, 9.17) is 5.26 Å². The van der Waals surface area contributed by atoms with Crippen LogP contribution in [-0.2, 0) is 4.89 Å². The molecule has 0 amide bonds. The Bertz CT molecular complexity index is 212. The van der Waals surface area contributed by atoms with E-state index in [1.165, 1.54) is 12.8 Å². The molecule has 2 fully saturated rings. The molecule has 0 aromatic heterocycles. The molecule has 0 bridgehead atoms. The van der Waals surface area contributed by atoms with E-state index in [-0.39, 0.29) is 0 Å². The van der Waals surface area contributed by atoms with Crippen LogP contribution in [0.25, 0.3) is 0 Å². The quantitative estimate of drug-likeness (QED) is 0.560. The minimum absolute atomic E-state index is 0.398. The molecular formula is C11H21FN2O2. The Balaban J connectivity index is 1.74. The highest BCUT2D eigenvalue weighted by molar-refractivity contribution is 4.82. The lowest BCUT2D eigenvalue weighted by Crippen LogP contribution is -2.47. The van der Waals surface area contributed by atoms with Gasteiger partial charge in [0.2, 0.25) is 0 Å². The van der Waals surface area contributed by atoms with Crippen molar-refractivity contribution in [2.75, 3.05) is 32.7 Å². The van der Waals surface area contributed by atoms with Gasteiger partial charge in [-0.2, -0.15) is 0 Å². The van der Waals surface area contributed by atoms with Crippen molar-refractivity contribution in [2.45, 2.75) is 31.5 Å². The number of nitrogens with one attached hydrogen (secondary N) is 1. The normalized spacial score (nSPS) is 34.1. The van der Waals surface area contributed by atoms with Gasteiger partial charge in [-0.1, -0.05) is 0 Å². The summed E-state index contributed by atoms with van der Waals surface area (Å²) in [5.74, 6) is 0.694. The van der Waals surface area contributed by atoms with Crippen molar-refractivity contribution >= 4 is 0 Å². The highest BCUT2D eigenvalue weighted by Crippen LogP contribution is 2.20. The number of nitrogens with zero attached hydrogens (tertiary/aromatic N) is 1. The summed E-state index contributed by atoms with van der Waals surface area (Å²) >= 11 is 0. The zero-order chi connectivity index (χ0) is 11.4. The molecule has 16 heavy (non-hydrogen) atoms. The van der Waals surface area contributed by atoms with Gasteiger partial charge >= 0.3 is 0 Å². The van der Waals surface area contributed by atoms with E-state index in [9.17, 15) is 4.39 Å². The molecule has 2 saturated heterocycles. The first-order valence-electron chi connectivity index (χ1n) is 6.17. The van der Waals surface area contributed by atoms with E-state index in [0.717, 1.165) is 26.2 Å². The molecule has 0 unspecified atom stereocenters. The molecule has 0 radical (unpaired) electrons.